The van der Waals surface area contributed by atoms with Crippen molar-refractivity contribution in [3.63, 3.8) is 0 Å². The molecule has 0 aliphatic heterocycles. The minimum atomic E-state index is -0.386. The third kappa shape index (κ3) is 2.53. The fraction of sp³-hybridized carbons (Fsp3) is 0.0667. The number of benzene rings is 2. The molecule has 5 heteroatoms. The second-order valence-electron chi connectivity index (χ2n) is 4.43. The molecule has 0 bridgehead atoms. The molecule has 0 amide bonds. The maximum absolute atomic E-state index is 11.9. The van der Waals surface area contributed by atoms with Crippen molar-refractivity contribution < 1.29 is 4.42 Å². The first-order chi connectivity index (χ1) is 9.63. The van der Waals surface area contributed by atoms with Crippen LogP contribution in [-0.2, 0) is 0 Å². The van der Waals surface area contributed by atoms with E-state index in [0.29, 0.717) is 10.9 Å². The number of rotatable bonds is 2. The third-order valence-electron chi connectivity index (χ3n) is 2.90. The zero-order valence-electron chi connectivity index (χ0n) is 10.7. The van der Waals surface area contributed by atoms with Crippen molar-refractivity contribution >= 4 is 45.2 Å². The summed E-state index contributed by atoms with van der Waals surface area (Å²) in [5, 5.41) is 3.53. The minimum Gasteiger partial charge on any atom is -0.388 e. The van der Waals surface area contributed by atoms with Gasteiger partial charge in [0, 0.05) is 3.57 Å². The van der Waals surface area contributed by atoms with Gasteiger partial charge in [0.05, 0.1) is 16.6 Å². The monoisotopic (exact) mass is 378 g/mol. The van der Waals surface area contributed by atoms with Gasteiger partial charge in [0.1, 0.15) is 0 Å². The number of nitrogens with one attached hydrogen (secondary N) is 1. The molecule has 20 heavy (non-hydrogen) atoms. The van der Waals surface area contributed by atoms with Crippen molar-refractivity contribution in [3.8, 4) is 0 Å². The number of hydrogen-bond acceptors (Lipinski definition) is 4. The molecule has 1 N–H and O–H groups in total. The van der Waals surface area contributed by atoms with Gasteiger partial charge in [-0.05, 0) is 59.3 Å². The van der Waals surface area contributed by atoms with E-state index >= 15 is 0 Å². The highest BCUT2D eigenvalue weighted by Gasteiger charge is 2.07. The van der Waals surface area contributed by atoms with Crippen LogP contribution in [0.15, 0.2) is 51.7 Å². The Hall–Kier alpha value is -1.89. The van der Waals surface area contributed by atoms with Gasteiger partial charge < -0.3 is 9.73 Å². The van der Waals surface area contributed by atoms with Crippen LogP contribution in [0.5, 0.6) is 0 Å². The van der Waals surface area contributed by atoms with Gasteiger partial charge >= 0.3 is 11.6 Å². The van der Waals surface area contributed by atoms with Crippen molar-refractivity contribution in [1.29, 1.82) is 0 Å². The Kier molecular flexibility index (Phi) is 3.43. The molecule has 0 fully saturated rings. The van der Waals surface area contributed by atoms with Crippen molar-refractivity contribution in [3.05, 3.63) is 62.0 Å². The average molecular weight is 378 g/mol. The second-order valence-corrected chi connectivity index (χ2v) is 5.59. The Morgan fingerprint density at radius 1 is 1.20 bits per heavy atom. The van der Waals surface area contributed by atoms with Crippen LogP contribution in [0, 0.1) is 10.5 Å². The first-order valence-corrected chi connectivity index (χ1v) is 7.14. The summed E-state index contributed by atoms with van der Waals surface area (Å²) in [6.07, 6.45) is 0. The quantitative estimate of drug-likeness (QED) is 0.689. The van der Waals surface area contributed by atoms with Crippen LogP contribution in [0.3, 0.4) is 0 Å². The van der Waals surface area contributed by atoms with E-state index in [0.717, 1.165) is 14.8 Å². The number of halogens is 1. The van der Waals surface area contributed by atoms with Gasteiger partial charge in [-0.1, -0.05) is 18.2 Å². The Morgan fingerprint density at radius 3 is 2.80 bits per heavy atom. The zero-order chi connectivity index (χ0) is 14.1. The molecule has 0 unspecified atom stereocenters. The molecule has 0 aliphatic rings. The van der Waals surface area contributed by atoms with Gasteiger partial charge in [0.25, 0.3) is 0 Å². The molecule has 0 atom stereocenters. The lowest BCUT2D eigenvalue weighted by Crippen LogP contribution is -2.05. The van der Waals surface area contributed by atoms with Gasteiger partial charge in [0.15, 0.2) is 0 Å². The normalized spacial score (nSPS) is 10.7. The van der Waals surface area contributed by atoms with E-state index in [2.05, 4.69) is 32.9 Å². The Labute approximate surface area is 129 Å². The molecule has 1 aromatic heterocycles. The molecule has 3 rings (SSSR count). The van der Waals surface area contributed by atoms with Gasteiger partial charge in [-0.25, -0.2) is 4.79 Å². The molecule has 1 heterocycles. The molecule has 3 aromatic rings. The molecule has 4 nitrogen and oxygen atoms in total. The summed E-state index contributed by atoms with van der Waals surface area (Å²) in [5.74, 6) is 0. The molecular weight excluding hydrogens is 367 g/mol. The highest BCUT2D eigenvalue weighted by atomic mass is 127. The summed E-state index contributed by atoms with van der Waals surface area (Å²) in [7, 11) is 0. The minimum absolute atomic E-state index is 0.206. The highest BCUT2D eigenvalue weighted by Crippen LogP contribution is 2.21. The molecule has 0 saturated carbocycles. The number of para-hydroxylation sites is 1. The van der Waals surface area contributed by atoms with Crippen LogP contribution in [0.25, 0.3) is 10.9 Å². The van der Waals surface area contributed by atoms with Crippen molar-refractivity contribution in [2.75, 3.05) is 5.32 Å². The van der Waals surface area contributed by atoms with E-state index in [1.54, 1.807) is 6.07 Å². The topological polar surface area (TPSA) is 55.1 Å². The molecule has 0 radical (unpaired) electrons. The first kappa shape index (κ1) is 13.1. The number of aromatic nitrogens is 1. The smallest absolute Gasteiger partial charge is 0.348 e. The Morgan fingerprint density at radius 2 is 2.00 bits per heavy atom. The molecule has 0 saturated heterocycles. The SMILES string of the molecule is Cc1ccc2c(=O)oc(Nc3ccccc3I)nc2c1. The standard InChI is InChI=1S/C15H11IN2O2/c1-9-6-7-10-13(8-9)18-15(20-14(10)19)17-12-5-3-2-4-11(12)16/h2-8H,1H3,(H,17,18). The van der Waals surface area contributed by atoms with Crippen molar-refractivity contribution in [2.45, 2.75) is 6.92 Å². The van der Waals surface area contributed by atoms with E-state index in [-0.39, 0.29) is 11.6 Å². The lowest BCUT2D eigenvalue weighted by Gasteiger charge is -2.06. The second kappa shape index (κ2) is 5.24. The van der Waals surface area contributed by atoms with Crippen LogP contribution < -0.4 is 10.9 Å². The molecular formula is C15H11IN2O2. The van der Waals surface area contributed by atoms with Crippen LogP contribution >= 0.6 is 22.6 Å². The summed E-state index contributed by atoms with van der Waals surface area (Å²) in [5.41, 5.74) is 2.16. The Balaban J connectivity index is 2.09. The lowest BCUT2D eigenvalue weighted by molar-refractivity contribution is 0.522. The fourth-order valence-electron chi connectivity index (χ4n) is 1.91. The van der Waals surface area contributed by atoms with E-state index in [9.17, 15) is 4.79 Å². The number of anilines is 2. The van der Waals surface area contributed by atoms with Gasteiger partial charge in [-0.15, -0.1) is 0 Å². The highest BCUT2D eigenvalue weighted by molar-refractivity contribution is 14.1. The van der Waals surface area contributed by atoms with Crippen molar-refractivity contribution in [2.24, 2.45) is 0 Å². The zero-order valence-corrected chi connectivity index (χ0v) is 12.8. The summed E-state index contributed by atoms with van der Waals surface area (Å²) in [4.78, 5) is 16.3. The number of aryl methyl sites for hydroxylation is 1. The Bertz CT molecular complexity index is 843. The summed E-state index contributed by atoms with van der Waals surface area (Å²) in [6.45, 7) is 1.96. The number of hydrogen-bond donors (Lipinski definition) is 1. The lowest BCUT2D eigenvalue weighted by atomic mass is 10.2. The maximum Gasteiger partial charge on any atom is 0.348 e. The van der Waals surface area contributed by atoms with Crippen molar-refractivity contribution in [1.82, 2.24) is 4.98 Å². The molecule has 100 valence electrons. The first-order valence-electron chi connectivity index (χ1n) is 6.06. The largest absolute Gasteiger partial charge is 0.388 e. The molecule has 0 spiro atoms. The predicted octanol–water partition coefficient (Wildman–Crippen LogP) is 3.84. The van der Waals surface area contributed by atoms with Crippen LogP contribution in [0.4, 0.5) is 11.7 Å². The van der Waals surface area contributed by atoms with E-state index in [1.807, 2.05) is 43.3 Å². The summed E-state index contributed by atoms with van der Waals surface area (Å²) >= 11 is 2.21. The van der Waals surface area contributed by atoms with Crippen LogP contribution in [0.1, 0.15) is 5.56 Å². The molecule has 2 aromatic carbocycles. The fourth-order valence-corrected chi connectivity index (χ4v) is 2.44. The van der Waals surface area contributed by atoms with Crippen LogP contribution in [-0.4, -0.2) is 4.98 Å². The average Bonchev–Trinajstić information content (AvgIpc) is 2.41. The summed E-state index contributed by atoms with van der Waals surface area (Å²) < 4.78 is 6.23. The van der Waals surface area contributed by atoms with E-state index < -0.39 is 0 Å². The molecule has 0 aliphatic carbocycles. The van der Waals surface area contributed by atoms with E-state index in [1.165, 1.54) is 0 Å². The maximum atomic E-state index is 11.9. The van der Waals surface area contributed by atoms with Gasteiger partial charge in [-0.3, -0.25) is 0 Å². The van der Waals surface area contributed by atoms with E-state index in [4.69, 9.17) is 4.42 Å². The number of fused-ring (bicyclic) bond motifs is 1. The predicted molar refractivity (Wildman–Crippen MR) is 87.5 cm³/mol. The van der Waals surface area contributed by atoms with Gasteiger partial charge in [0.2, 0.25) is 0 Å². The van der Waals surface area contributed by atoms with Crippen LogP contribution in [0.2, 0.25) is 0 Å². The van der Waals surface area contributed by atoms with Gasteiger partial charge in [-0.2, -0.15) is 4.98 Å². The summed E-state index contributed by atoms with van der Waals surface area (Å²) in [6, 6.07) is 13.4. The number of nitrogens with zero attached hydrogens (tertiary/aromatic N) is 1. The third-order valence-corrected chi connectivity index (χ3v) is 3.84.